The van der Waals surface area contributed by atoms with Crippen LogP contribution in [0.15, 0.2) is 29.1 Å². The lowest BCUT2D eigenvalue weighted by Gasteiger charge is -2.04. The van der Waals surface area contributed by atoms with Gasteiger partial charge in [-0.15, -0.1) is 0 Å². The highest BCUT2D eigenvalue weighted by Gasteiger charge is 2.05. The summed E-state index contributed by atoms with van der Waals surface area (Å²) < 4.78 is 2.56. The molecule has 2 heterocycles. The molecule has 2 aromatic rings. The fraction of sp³-hybridized carbons (Fsp3) is 0.111. The van der Waals surface area contributed by atoms with Gasteiger partial charge in [-0.1, -0.05) is 11.6 Å². The number of halogens is 2. The predicted octanol–water partition coefficient (Wildman–Crippen LogP) is 2.32. The van der Waals surface area contributed by atoms with Crippen molar-refractivity contribution in [2.24, 2.45) is 0 Å². The van der Waals surface area contributed by atoms with Crippen molar-refractivity contribution in [3.05, 3.63) is 39.7 Å². The summed E-state index contributed by atoms with van der Waals surface area (Å²) >= 11 is 9.14. The fourth-order valence-electron chi connectivity index (χ4n) is 1.21. The van der Waals surface area contributed by atoms with Crippen LogP contribution in [0.25, 0.3) is 0 Å². The summed E-state index contributed by atoms with van der Waals surface area (Å²) in [4.78, 5) is 4.06. The van der Waals surface area contributed by atoms with Crippen LogP contribution in [-0.4, -0.2) is 14.8 Å². The van der Waals surface area contributed by atoms with Crippen LogP contribution < -0.4 is 5.73 Å². The normalized spacial score (nSPS) is 10.5. The van der Waals surface area contributed by atoms with Crippen LogP contribution in [-0.2, 0) is 6.54 Å². The number of pyridine rings is 1. The zero-order valence-electron chi connectivity index (χ0n) is 7.69. The first-order valence-electron chi connectivity index (χ1n) is 4.23. The van der Waals surface area contributed by atoms with Gasteiger partial charge in [-0.3, -0.25) is 4.98 Å². The Morgan fingerprint density at radius 1 is 1.40 bits per heavy atom. The van der Waals surface area contributed by atoms with Gasteiger partial charge in [0.05, 0.1) is 12.7 Å². The fourth-order valence-corrected chi connectivity index (χ4v) is 1.77. The van der Waals surface area contributed by atoms with Crippen LogP contribution in [0.2, 0.25) is 5.02 Å². The summed E-state index contributed by atoms with van der Waals surface area (Å²) in [7, 11) is 0. The van der Waals surface area contributed by atoms with Crippen molar-refractivity contribution < 1.29 is 0 Å². The Morgan fingerprint density at radius 3 is 2.80 bits per heavy atom. The monoisotopic (exact) mass is 286 g/mol. The molecule has 0 aromatic carbocycles. The molecule has 6 heteroatoms. The number of aromatic nitrogens is 3. The van der Waals surface area contributed by atoms with Gasteiger partial charge in [-0.25, -0.2) is 4.68 Å². The molecule has 2 rings (SSSR count). The average Bonchev–Trinajstić information content (AvgIpc) is 2.50. The number of nitrogens with two attached hydrogens (primary N) is 1. The molecule has 0 saturated carbocycles. The Balaban J connectivity index is 2.26. The molecule has 0 aliphatic rings. The van der Waals surface area contributed by atoms with Crippen molar-refractivity contribution in [1.29, 1.82) is 0 Å². The smallest absolute Gasteiger partial charge is 0.140 e. The highest BCUT2D eigenvalue weighted by molar-refractivity contribution is 9.10. The van der Waals surface area contributed by atoms with Crippen molar-refractivity contribution in [3.8, 4) is 0 Å². The van der Waals surface area contributed by atoms with E-state index >= 15 is 0 Å². The standard InChI is InChI=1S/C9H8BrClN4/c10-7-1-6(2-13-3-7)5-15-9(12)8(11)4-14-15/h1-4H,5,12H2. The summed E-state index contributed by atoms with van der Waals surface area (Å²) in [5.41, 5.74) is 6.73. The van der Waals surface area contributed by atoms with E-state index in [2.05, 4.69) is 26.0 Å². The molecule has 0 radical (unpaired) electrons. The van der Waals surface area contributed by atoms with Crippen molar-refractivity contribution in [2.45, 2.75) is 6.54 Å². The van der Waals surface area contributed by atoms with E-state index in [1.54, 1.807) is 17.1 Å². The summed E-state index contributed by atoms with van der Waals surface area (Å²) in [5.74, 6) is 0.469. The quantitative estimate of drug-likeness (QED) is 0.922. The topological polar surface area (TPSA) is 56.7 Å². The van der Waals surface area contributed by atoms with Gasteiger partial charge in [0.1, 0.15) is 10.8 Å². The number of anilines is 1. The lowest BCUT2D eigenvalue weighted by atomic mass is 10.3. The second-order valence-electron chi connectivity index (χ2n) is 3.05. The van der Waals surface area contributed by atoms with E-state index in [-0.39, 0.29) is 0 Å². The van der Waals surface area contributed by atoms with E-state index in [4.69, 9.17) is 17.3 Å². The average molecular weight is 288 g/mol. The van der Waals surface area contributed by atoms with Crippen LogP contribution in [0.3, 0.4) is 0 Å². The maximum absolute atomic E-state index is 5.79. The summed E-state index contributed by atoms with van der Waals surface area (Å²) in [6.45, 7) is 0.561. The first-order chi connectivity index (χ1) is 7.16. The molecule has 0 spiro atoms. The summed E-state index contributed by atoms with van der Waals surface area (Å²) in [6.07, 6.45) is 5.02. The molecule has 15 heavy (non-hydrogen) atoms. The maximum atomic E-state index is 5.79. The molecule has 0 aliphatic heterocycles. The SMILES string of the molecule is Nc1c(Cl)cnn1Cc1cncc(Br)c1. The molecule has 0 bridgehead atoms. The third-order valence-corrected chi connectivity index (χ3v) is 2.65. The van der Waals surface area contributed by atoms with Crippen molar-refractivity contribution in [2.75, 3.05) is 5.73 Å². The molecule has 0 unspecified atom stereocenters. The van der Waals surface area contributed by atoms with E-state index in [9.17, 15) is 0 Å². The molecular formula is C9H8BrClN4. The van der Waals surface area contributed by atoms with Gasteiger partial charge >= 0.3 is 0 Å². The Morgan fingerprint density at radius 2 is 2.20 bits per heavy atom. The van der Waals surface area contributed by atoms with E-state index < -0.39 is 0 Å². The zero-order valence-corrected chi connectivity index (χ0v) is 10.0. The van der Waals surface area contributed by atoms with Gasteiger partial charge in [-0.05, 0) is 27.6 Å². The Kier molecular flexibility index (Phi) is 2.93. The highest BCUT2D eigenvalue weighted by Crippen LogP contribution is 2.18. The molecule has 78 valence electrons. The molecule has 0 fully saturated rings. The summed E-state index contributed by atoms with van der Waals surface area (Å²) in [6, 6.07) is 1.96. The third kappa shape index (κ3) is 2.30. The van der Waals surface area contributed by atoms with Gasteiger partial charge in [0.15, 0.2) is 0 Å². The van der Waals surface area contributed by atoms with Crippen molar-refractivity contribution in [3.63, 3.8) is 0 Å². The lowest BCUT2D eigenvalue weighted by molar-refractivity contribution is 0.694. The Bertz CT molecular complexity index is 483. The van der Waals surface area contributed by atoms with Crippen LogP contribution in [0.5, 0.6) is 0 Å². The van der Waals surface area contributed by atoms with Crippen LogP contribution in [0.4, 0.5) is 5.82 Å². The minimum atomic E-state index is 0.469. The molecule has 2 N–H and O–H groups in total. The second kappa shape index (κ2) is 4.20. The highest BCUT2D eigenvalue weighted by atomic mass is 79.9. The van der Waals surface area contributed by atoms with Crippen molar-refractivity contribution in [1.82, 2.24) is 14.8 Å². The molecule has 2 aromatic heterocycles. The summed E-state index contributed by atoms with van der Waals surface area (Å²) in [5, 5.41) is 4.53. The number of hydrogen-bond acceptors (Lipinski definition) is 3. The van der Waals surface area contributed by atoms with Crippen LogP contribution in [0, 0.1) is 0 Å². The molecule has 0 amide bonds. The predicted molar refractivity (Wildman–Crippen MR) is 62.7 cm³/mol. The molecular weight excluding hydrogens is 279 g/mol. The van der Waals surface area contributed by atoms with Gasteiger partial charge in [0.25, 0.3) is 0 Å². The largest absolute Gasteiger partial charge is 0.383 e. The Labute approximate surface area is 100 Å². The van der Waals surface area contributed by atoms with Crippen LogP contribution in [0.1, 0.15) is 5.56 Å². The number of nitrogen functional groups attached to an aromatic ring is 1. The van der Waals surface area contributed by atoms with Gasteiger partial charge in [-0.2, -0.15) is 5.10 Å². The van der Waals surface area contributed by atoms with Gasteiger partial charge < -0.3 is 5.73 Å². The van der Waals surface area contributed by atoms with Crippen molar-refractivity contribution >= 4 is 33.3 Å². The number of rotatable bonds is 2. The number of nitrogens with zero attached hydrogens (tertiary/aromatic N) is 3. The molecule has 0 atom stereocenters. The Hall–Kier alpha value is -1.07. The minimum Gasteiger partial charge on any atom is -0.383 e. The number of hydrogen-bond donors (Lipinski definition) is 1. The molecule has 4 nitrogen and oxygen atoms in total. The van der Waals surface area contributed by atoms with E-state index in [1.807, 2.05) is 6.07 Å². The van der Waals surface area contributed by atoms with E-state index in [0.717, 1.165) is 10.0 Å². The lowest BCUT2D eigenvalue weighted by Crippen LogP contribution is -2.06. The molecule has 0 saturated heterocycles. The molecule has 0 aliphatic carbocycles. The van der Waals surface area contributed by atoms with Gasteiger partial charge in [0.2, 0.25) is 0 Å². The third-order valence-electron chi connectivity index (χ3n) is 1.93. The zero-order chi connectivity index (χ0) is 10.8. The van der Waals surface area contributed by atoms with Gasteiger partial charge in [0, 0.05) is 16.9 Å². The van der Waals surface area contributed by atoms with Crippen LogP contribution >= 0.6 is 27.5 Å². The van der Waals surface area contributed by atoms with E-state index in [1.165, 1.54) is 6.20 Å². The first-order valence-corrected chi connectivity index (χ1v) is 5.40. The first kappa shape index (κ1) is 10.4. The maximum Gasteiger partial charge on any atom is 0.140 e. The second-order valence-corrected chi connectivity index (χ2v) is 4.37. The minimum absolute atomic E-state index is 0.469. The van der Waals surface area contributed by atoms with E-state index in [0.29, 0.717) is 17.4 Å².